The van der Waals surface area contributed by atoms with Gasteiger partial charge in [-0.1, -0.05) is 19.9 Å². The molecule has 0 fully saturated rings. The van der Waals surface area contributed by atoms with Crippen molar-refractivity contribution in [1.29, 1.82) is 5.41 Å². The lowest BCUT2D eigenvalue weighted by atomic mass is 9.94. The summed E-state index contributed by atoms with van der Waals surface area (Å²) in [6.45, 7) is 4.72. The van der Waals surface area contributed by atoms with Crippen LogP contribution in [0.3, 0.4) is 0 Å². The van der Waals surface area contributed by atoms with Gasteiger partial charge in [0.05, 0.1) is 5.69 Å². The Kier molecular flexibility index (Phi) is 4.83. The van der Waals surface area contributed by atoms with Gasteiger partial charge in [0, 0.05) is 6.54 Å². The topological polar surface area (TPSA) is 108 Å². The van der Waals surface area contributed by atoms with Crippen LogP contribution in [0.4, 0.5) is 5.69 Å². The van der Waals surface area contributed by atoms with Crippen molar-refractivity contribution in [1.82, 2.24) is 5.32 Å². The number of anilines is 1. The lowest BCUT2D eigenvalue weighted by molar-refractivity contribution is 0.464. The van der Waals surface area contributed by atoms with Gasteiger partial charge in [-0.25, -0.2) is 0 Å². The van der Waals surface area contributed by atoms with Crippen molar-refractivity contribution in [3.63, 3.8) is 0 Å². The molecule has 0 heterocycles. The van der Waals surface area contributed by atoms with E-state index in [0.717, 1.165) is 17.5 Å². The zero-order chi connectivity index (χ0) is 13.7. The lowest BCUT2D eigenvalue weighted by Crippen LogP contribution is -2.31. The van der Waals surface area contributed by atoms with E-state index in [-0.39, 0.29) is 17.6 Å². The summed E-state index contributed by atoms with van der Waals surface area (Å²) in [6.07, 6.45) is 1.66. The highest BCUT2D eigenvalue weighted by Gasteiger charge is 2.12. The van der Waals surface area contributed by atoms with Crippen molar-refractivity contribution in [3.8, 4) is 5.75 Å². The first kappa shape index (κ1) is 14.2. The molecule has 1 aromatic carbocycles. The molecule has 1 rings (SSSR count). The summed E-state index contributed by atoms with van der Waals surface area (Å²) in [5.74, 6) is 0.421. The molecular weight excluding hydrogens is 228 g/mol. The summed E-state index contributed by atoms with van der Waals surface area (Å²) in [4.78, 5) is 0. The van der Waals surface area contributed by atoms with Crippen LogP contribution in [-0.2, 0) is 6.42 Å². The van der Waals surface area contributed by atoms with E-state index in [9.17, 15) is 5.11 Å². The lowest BCUT2D eigenvalue weighted by Gasteiger charge is -2.15. The van der Waals surface area contributed by atoms with Crippen molar-refractivity contribution >= 4 is 11.6 Å². The molecule has 0 aromatic heterocycles. The minimum Gasteiger partial charge on any atom is -0.505 e. The maximum atomic E-state index is 9.94. The number of hydrogen-bond acceptors (Lipinski definition) is 3. The van der Waals surface area contributed by atoms with Gasteiger partial charge in [0.2, 0.25) is 0 Å². The van der Waals surface area contributed by atoms with Gasteiger partial charge in [-0.05, 0) is 36.0 Å². The molecule has 0 aliphatic rings. The highest BCUT2D eigenvalue weighted by atomic mass is 16.3. The molecule has 0 saturated heterocycles. The SMILES string of the molecule is CCC(C)c1cc(CCNC(=N)N)cc(N)c1O. The Morgan fingerprint density at radius 2 is 2.17 bits per heavy atom. The van der Waals surface area contributed by atoms with Gasteiger partial charge in [-0.3, -0.25) is 5.41 Å². The van der Waals surface area contributed by atoms with Crippen molar-refractivity contribution < 1.29 is 5.11 Å². The maximum Gasteiger partial charge on any atom is 0.185 e. The summed E-state index contributed by atoms with van der Waals surface area (Å²) < 4.78 is 0. The van der Waals surface area contributed by atoms with E-state index in [2.05, 4.69) is 19.2 Å². The summed E-state index contributed by atoms with van der Waals surface area (Å²) in [6, 6.07) is 3.74. The number of phenolic OH excluding ortho intramolecular Hbond substituents is 1. The van der Waals surface area contributed by atoms with Gasteiger partial charge in [-0.15, -0.1) is 0 Å². The molecule has 0 radical (unpaired) electrons. The number of aromatic hydroxyl groups is 1. The summed E-state index contributed by atoms with van der Waals surface area (Å²) >= 11 is 0. The van der Waals surface area contributed by atoms with Gasteiger partial charge < -0.3 is 21.9 Å². The number of nitrogen functional groups attached to an aromatic ring is 1. The van der Waals surface area contributed by atoms with Crippen LogP contribution in [0.15, 0.2) is 12.1 Å². The molecule has 18 heavy (non-hydrogen) atoms. The van der Waals surface area contributed by atoms with Crippen molar-refractivity contribution in [2.24, 2.45) is 5.73 Å². The molecule has 0 saturated carbocycles. The van der Waals surface area contributed by atoms with Crippen molar-refractivity contribution in [3.05, 3.63) is 23.3 Å². The van der Waals surface area contributed by atoms with Crippen LogP contribution in [0.5, 0.6) is 5.75 Å². The number of guanidine groups is 1. The normalized spacial score (nSPS) is 12.1. The third-order valence-electron chi connectivity index (χ3n) is 3.10. The molecule has 1 aromatic rings. The molecule has 0 aliphatic carbocycles. The van der Waals surface area contributed by atoms with Gasteiger partial charge in [-0.2, -0.15) is 0 Å². The number of nitrogens with two attached hydrogens (primary N) is 2. The van der Waals surface area contributed by atoms with Gasteiger partial charge in [0.25, 0.3) is 0 Å². The van der Waals surface area contributed by atoms with Crippen LogP contribution in [0.25, 0.3) is 0 Å². The number of benzene rings is 1. The first-order valence-corrected chi connectivity index (χ1v) is 6.14. The Hall–Kier alpha value is -1.91. The van der Waals surface area contributed by atoms with E-state index < -0.39 is 0 Å². The van der Waals surface area contributed by atoms with Crippen molar-refractivity contribution in [2.45, 2.75) is 32.6 Å². The predicted molar refractivity (Wildman–Crippen MR) is 74.8 cm³/mol. The maximum absolute atomic E-state index is 9.94. The van der Waals surface area contributed by atoms with E-state index >= 15 is 0 Å². The van der Waals surface area contributed by atoms with Crippen LogP contribution in [0.1, 0.15) is 37.3 Å². The fourth-order valence-corrected chi connectivity index (χ4v) is 1.83. The van der Waals surface area contributed by atoms with Crippen LogP contribution < -0.4 is 16.8 Å². The van der Waals surface area contributed by atoms with E-state index in [1.54, 1.807) is 6.07 Å². The second-order valence-electron chi connectivity index (χ2n) is 4.52. The van der Waals surface area contributed by atoms with Gasteiger partial charge in [0.1, 0.15) is 5.75 Å². The zero-order valence-corrected chi connectivity index (χ0v) is 11.0. The minimum absolute atomic E-state index is 0.0381. The molecule has 5 heteroatoms. The minimum atomic E-state index is -0.0381. The Labute approximate surface area is 108 Å². The highest BCUT2D eigenvalue weighted by Crippen LogP contribution is 2.33. The van der Waals surface area contributed by atoms with Gasteiger partial charge in [0.15, 0.2) is 5.96 Å². The smallest absolute Gasteiger partial charge is 0.185 e. The zero-order valence-electron chi connectivity index (χ0n) is 11.0. The predicted octanol–water partition coefficient (Wildman–Crippen LogP) is 1.51. The average Bonchev–Trinajstić information content (AvgIpc) is 2.32. The van der Waals surface area contributed by atoms with Crippen LogP contribution in [-0.4, -0.2) is 17.6 Å². The van der Waals surface area contributed by atoms with Crippen LogP contribution >= 0.6 is 0 Å². The van der Waals surface area contributed by atoms with Gasteiger partial charge >= 0.3 is 0 Å². The summed E-state index contributed by atoms with van der Waals surface area (Å²) in [5, 5.41) is 19.8. The van der Waals surface area contributed by atoms with E-state index in [4.69, 9.17) is 16.9 Å². The van der Waals surface area contributed by atoms with E-state index in [1.807, 2.05) is 6.07 Å². The van der Waals surface area contributed by atoms with Crippen LogP contribution in [0, 0.1) is 5.41 Å². The molecule has 1 atom stereocenters. The molecule has 0 bridgehead atoms. The van der Waals surface area contributed by atoms with Crippen LogP contribution in [0.2, 0.25) is 0 Å². The molecule has 7 N–H and O–H groups in total. The Morgan fingerprint density at radius 1 is 1.50 bits per heavy atom. The Bertz CT molecular complexity index is 431. The molecule has 0 aliphatic heterocycles. The monoisotopic (exact) mass is 250 g/mol. The number of phenols is 1. The summed E-state index contributed by atoms with van der Waals surface area (Å²) in [5.41, 5.74) is 13.4. The number of nitrogens with one attached hydrogen (secondary N) is 2. The first-order chi connectivity index (χ1) is 8.45. The third-order valence-corrected chi connectivity index (χ3v) is 3.10. The number of rotatable bonds is 5. The molecule has 100 valence electrons. The second kappa shape index (κ2) is 6.14. The average molecular weight is 250 g/mol. The fraction of sp³-hybridized carbons (Fsp3) is 0.462. The summed E-state index contributed by atoms with van der Waals surface area (Å²) in [7, 11) is 0. The number of hydrogen-bond donors (Lipinski definition) is 5. The van der Waals surface area contributed by atoms with Crippen molar-refractivity contribution in [2.75, 3.05) is 12.3 Å². The Morgan fingerprint density at radius 3 is 2.72 bits per heavy atom. The third kappa shape index (κ3) is 3.55. The standard InChI is InChI=1S/C13H22N4O/c1-3-8(2)10-6-9(4-5-17-13(15)16)7-11(14)12(10)18/h6-8,18H,3-5,14H2,1-2H3,(H4,15,16,17). The first-order valence-electron chi connectivity index (χ1n) is 6.14. The Balaban J connectivity index is 2.87. The second-order valence-corrected chi connectivity index (χ2v) is 4.52. The highest BCUT2D eigenvalue weighted by molar-refractivity contribution is 5.74. The molecule has 1 unspecified atom stereocenters. The largest absolute Gasteiger partial charge is 0.505 e. The van der Waals surface area contributed by atoms with E-state index in [0.29, 0.717) is 18.7 Å². The molecule has 0 amide bonds. The fourth-order valence-electron chi connectivity index (χ4n) is 1.83. The molecule has 0 spiro atoms. The van der Waals surface area contributed by atoms with E-state index in [1.165, 1.54) is 0 Å². The molecular formula is C13H22N4O. The molecule has 5 nitrogen and oxygen atoms in total. The quantitative estimate of drug-likeness (QED) is 0.236.